The van der Waals surface area contributed by atoms with Gasteiger partial charge in [-0.05, 0) is 18.6 Å². The van der Waals surface area contributed by atoms with E-state index in [1.54, 1.807) is 6.20 Å². The minimum atomic E-state index is 0.183. The van der Waals surface area contributed by atoms with Crippen LogP contribution >= 0.6 is 0 Å². The van der Waals surface area contributed by atoms with Crippen LogP contribution in [0.1, 0.15) is 12.5 Å². The van der Waals surface area contributed by atoms with Crippen molar-refractivity contribution < 1.29 is 0 Å². The van der Waals surface area contributed by atoms with E-state index >= 15 is 0 Å². The summed E-state index contributed by atoms with van der Waals surface area (Å²) in [6, 6.07) is 9.99. The van der Waals surface area contributed by atoms with Gasteiger partial charge in [0.1, 0.15) is 5.82 Å². The summed E-state index contributed by atoms with van der Waals surface area (Å²) >= 11 is 0. The van der Waals surface area contributed by atoms with E-state index in [2.05, 4.69) is 15.0 Å². The van der Waals surface area contributed by atoms with Crippen molar-refractivity contribution in [3.05, 3.63) is 42.1 Å². The minimum Gasteiger partial charge on any atom is -0.383 e. The second kappa shape index (κ2) is 4.77. The zero-order valence-electron chi connectivity index (χ0n) is 11.2. The lowest BCUT2D eigenvalue weighted by atomic mass is 10.0. The van der Waals surface area contributed by atoms with Crippen LogP contribution in [-0.4, -0.2) is 15.0 Å². The summed E-state index contributed by atoms with van der Waals surface area (Å²) in [5, 5.41) is 1.06. The topological polar surface area (TPSA) is 90.7 Å². The van der Waals surface area contributed by atoms with Gasteiger partial charge in [0.15, 0.2) is 0 Å². The van der Waals surface area contributed by atoms with Crippen LogP contribution in [0.15, 0.2) is 36.5 Å². The molecule has 3 aromatic rings. The maximum absolute atomic E-state index is 5.93. The van der Waals surface area contributed by atoms with Crippen LogP contribution in [0.25, 0.3) is 22.2 Å². The van der Waals surface area contributed by atoms with Gasteiger partial charge in [-0.25, -0.2) is 4.98 Å². The fourth-order valence-electron chi connectivity index (χ4n) is 2.31. The van der Waals surface area contributed by atoms with E-state index in [1.165, 1.54) is 0 Å². The number of nitrogen functional groups attached to an aromatic ring is 2. The van der Waals surface area contributed by atoms with Crippen molar-refractivity contribution in [2.75, 3.05) is 11.5 Å². The van der Waals surface area contributed by atoms with Crippen LogP contribution in [0.4, 0.5) is 11.8 Å². The largest absolute Gasteiger partial charge is 0.383 e. The first-order valence-corrected chi connectivity index (χ1v) is 6.46. The van der Waals surface area contributed by atoms with Crippen molar-refractivity contribution in [3.8, 4) is 11.3 Å². The number of fused-ring (bicyclic) bond motifs is 1. The lowest BCUT2D eigenvalue weighted by Crippen LogP contribution is -2.06. The molecule has 5 nitrogen and oxygen atoms in total. The first kappa shape index (κ1) is 12.3. The van der Waals surface area contributed by atoms with Crippen LogP contribution in [0.3, 0.4) is 0 Å². The van der Waals surface area contributed by atoms with Crippen molar-refractivity contribution in [2.24, 2.45) is 0 Å². The molecule has 0 aliphatic rings. The van der Waals surface area contributed by atoms with Crippen LogP contribution in [-0.2, 0) is 6.42 Å². The van der Waals surface area contributed by atoms with Gasteiger partial charge >= 0.3 is 0 Å². The molecule has 0 spiro atoms. The molecule has 0 bridgehead atoms. The molecule has 0 aliphatic heterocycles. The fourth-order valence-corrected chi connectivity index (χ4v) is 2.31. The Bertz CT molecular complexity index is 782. The highest BCUT2D eigenvalue weighted by atomic mass is 15.0. The molecule has 0 saturated carbocycles. The molecule has 3 rings (SSSR count). The van der Waals surface area contributed by atoms with E-state index in [1.807, 2.05) is 37.3 Å². The third kappa shape index (κ3) is 2.03. The smallest absolute Gasteiger partial charge is 0.222 e. The Morgan fingerprint density at radius 2 is 1.90 bits per heavy atom. The molecule has 20 heavy (non-hydrogen) atoms. The number of benzene rings is 1. The number of hydrogen-bond donors (Lipinski definition) is 2. The van der Waals surface area contributed by atoms with E-state index in [4.69, 9.17) is 11.5 Å². The van der Waals surface area contributed by atoms with E-state index in [0.29, 0.717) is 5.82 Å². The highest BCUT2D eigenvalue weighted by molar-refractivity contribution is 5.84. The van der Waals surface area contributed by atoms with Gasteiger partial charge in [-0.2, -0.15) is 4.98 Å². The standard InChI is InChI=1S/C15H15N5/c1-2-11-13(19-15(17)20-14(11)16)10-7-9-5-3-4-6-12(9)18-8-10/h3-8H,2H2,1H3,(H4,16,17,19,20). The Kier molecular flexibility index (Phi) is 2.95. The number of hydrogen-bond acceptors (Lipinski definition) is 5. The number of para-hydroxylation sites is 1. The predicted octanol–water partition coefficient (Wildman–Crippen LogP) is 2.42. The van der Waals surface area contributed by atoms with Gasteiger partial charge in [0.2, 0.25) is 5.95 Å². The first-order valence-electron chi connectivity index (χ1n) is 6.46. The van der Waals surface area contributed by atoms with Gasteiger partial charge in [-0.3, -0.25) is 4.98 Å². The van der Waals surface area contributed by atoms with Crippen LogP contribution in [0.2, 0.25) is 0 Å². The van der Waals surface area contributed by atoms with Crippen molar-refractivity contribution in [1.82, 2.24) is 15.0 Å². The zero-order chi connectivity index (χ0) is 14.1. The Morgan fingerprint density at radius 1 is 1.10 bits per heavy atom. The molecule has 2 aromatic heterocycles. The number of rotatable bonds is 2. The monoisotopic (exact) mass is 265 g/mol. The molecule has 0 amide bonds. The molecule has 100 valence electrons. The number of nitrogens with zero attached hydrogens (tertiary/aromatic N) is 3. The fraction of sp³-hybridized carbons (Fsp3) is 0.133. The maximum atomic E-state index is 5.93. The van der Waals surface area contributed by atoms with Crippen LogP contribution in [0, 0.1) is 0 Å². The lowest BCUT2D eigenvalue weighted by molar-refractivity contribution is 1.07. The number of anilines is 2. The molecule has 0 atom stereocenters. The normalized spacial score (nSPS) is 10.8. The summed E-state index contributed by atoms with van der Waals surface area (Å²) in [5.74, 6) is 0.617. The van der Waals surface area contributed by atoms with Gasteiger partial charge in [0.05, 0.1) is 11.2 Å². The van der Waals surface area contributed by atoms with Crippen molar-refractivity contribution >= 4 is 22.7 Å². The summed E-state index contributed by atoms with van der Waals surface area (Å²) in [6.45, 7) is 2.02. The maximum Gasteiger partial charge on any atom is 0.222 e. The third-order valence-electron chi connectivity index (χ3n) is 3.27. The summed E-state index contributed by atoms with van der Waals surface area (Å²) in [5.41, 5.74) is 15.2. The summed E-state index contributed by atoms with van der Waals surface area (Å²) < 4.78 is 0. The second-order valence-electron chi connectivity index (χ2n) is 4.56. The molecular formula is C15H15N5. The average molecular weight is 265 g/mol. The van der Waals surface area contributed by atoms with Crippen LogP contribution in [0.5, 0.6) is 0 Å². The van der Waals surface area contributed by atoms with E-state index in [9.17, 15) is 0 Å². The zero-order valence-corrected chi connectivity index (χ0v) is 11.2. The molecule has 0 fully saturated rings. The highest BCUT2D eigenvalue weighted by Gasteiger charge is 2.12. The SMILES string of the molecule is CCc1c(N)nc(N)nc1-c1cnc2ccccc2c1. The van der Waals surface area contributed by atoms with Gasteiger partial charge in [0, 0.05) is 22.7 Å². The quantitative estimate of drug-likeness (QED) is 0.742. The lowest BCUT2D eigenvalue weighted by Gasteiger charge is -2.10. The molecule has 0 saturated heterocycles. The van der Waals surface area contributed by atoms with Gasteiger partial charge in [-0.1, -0.05) is 25.1 Å². The van der Waals surface area contributed by atoms with Gasteiger partial charge in [-0.15, -0.1) is 0 Å². The van der Waals surface area contributed by atoms with E-state index in [-0.39, 0.29) is 5.95 Å². The Balaban J connectivity index is 2.24. The Labute approximate surface area is 116 Å². The summed E-state index contributed by atoms with van der Waals surface area (Å²) in [4.78, 5) is 12.8. The first-order chi connectivity index (χ1) is 9.69. The molecule has 0 unspecified atom stereocenters. The molecular weight excluding hydrogens is 250 g/mol. The van der Waals surface area contributed by atoms with Gasteiger partial charge in [0.25, 0.3) is 0 Å². The molecule has 1 aromatic carbocycles. The molecule has 4 N–H and O–H groups in total. The van der Waals surface area contributed by atoms with Crippen molar-refractivity contribution in [3.63, 3.8) is 0 Å². The predicted molar refractivity (Wildman–Crippen MR) is 81.0 cm³/mol. The molecule has 2 heterocycles. The summed E-state index contributed by atoms with van der Waals surface area (Å²) in [7, 11) is 0. The third-order valence-corrected chi connectivity index (χ3v) is 3.27. The summed E-state index contributed by atoms with van der Waals surface area (Å²) in [6.07, 6.45) is 2.54. The van der Waals surface area contributed by atoms with Gasteiger partial charge < -0.3 is 11.5 Å². The Hall–Kier alpha value is -2.69. The minimum absolute atomic E-state index is 0.183. The average Bonchev–Trinajstić information content (AvgIpc) is 2.46. The molecule has 5 heteroatoms. The van der Waals surface area contributed by atoms with Crippen molar-refractivity contribution in [1.29, 1.82) is 0 Å². The molecule has 0 aliphatic carbocycles. The van der Waals surface area contributed by atoms with E-state index in [0.717, 1.165) is 34.1 Å². The van der Waals surface area contributed by atoms with E-state index < -0.39 is 0 Å². The number of nitrogens with two attached hydrogens (primary N) is 2. The van der Waals surface area contributed by atoms with Crippen LogP contribution < -0.4 is 11.5 Å². The number of aromatic nitrogens is 3. The second-order valence-corrected chi connectivity index (χ2v) is 4.56. The Morgan fingerprint density at radius 3 is 2.70 bits per heavy atom. The number of pyridine rings is 1. The van der Waals surface area contributed by atoms with Crippen molar-refractivity contribution in [2.45, 2.75) is 13.3 Å². The molecule has 0 radical (unpaired) electrons. The highest BCUT2D eigenvalue weighted by Crippen LogP contribution is 2.27.